The molecular formula is C18H19F2N5O2. The van der Waals surface area contributed by atoms with Crippen molar-refractivity contribution in [2.24, 2.45) is 0 Å². The summed E-state index contributed by atoms with van der Waals surface area (Å²) >= 11 is 0. The number of anilines is 1. The highest BCUT2D eigenvalue weighted by atomic mass is 19.1. The normalized spacial score (nSPS) is 22.7. The van der Waals surface area contributed by atoms with Crippen LogP contribution in [0.1, 0.15) is 12.0 Å². The summed E-state index contributed by atoms with van der Waals surface area (Å²) in [5.41, 5.74) is 0.938. The van der Waals surface area contributed by atoms with Crippen molar-refractivity contribution >= 4 is 17.5 Å². The molecule has 142 valence electrons. The first kappa shape index (κ1) is 17.7. The zero-order chi connectivity index (χ0) is 18.8. The maximum absolute atomic E-state index is 14.7. The molecule has 27 heavy (non-hydrogen) atoms. The number of carbonyl (C=O) groups is 1. The molecule has 2 unspecified atom stereocenters. The van der Waals surface area contributed by atoms with Crippen molar-refractivity contribution in [3.05, 3.63) is 48.1 Å². The molecule has 7 nitrogen and oxygen atoms in total. The van der Waals surface area contributed by atoms with Gasteiger partial charge in [-0.25, -0.2) is 13.8 Å². The topological polar surface area (TPSA) is 72.3 Å². The van der Waals surface area contributed by atoms with E-state index in [-0.39, 0.29) is 17.4 Å². The van der Waals surface area contributed by atoms with Crippen LogP contribution >= 0.6 is 0 Å². The molecule has 1 N–H and O–H groups in total. The largest absolute Gasteiger partial charge is 0.344 e. The minimum Gasteiger partial charge on any atom is -0.344 e. The quantitative estimate of drug-likeness (QED) is 0.796. The van der Waals surface area contributed by atoms with Crippen molar-refractivity contribution in [2.75, 3.05) is 24.5 Å². The summed E-state index contributed by atoms with van der Waals surface area (Å²) in [5.74, 6) is -1.27. The molecule has 0 saturated carbocycles. The predicted molar refractivity (Wildman–Crippen MR) is 93.9 cm³/mol. The lowest BCUT2D eigenvalue weighted by Gasteiger charge is -2.22. The van der Waals surface area contributed by atoms with E-state index >= 15 is 0 Å². The number of nitrogens with one attached hydrogen (secondary N) is 1. The Hall–Kier alpha value is -2.65. The molecule has 2 aromatic rings. The zero-order valence-electron chi connectivity index (χ0n) is 14.5. The molecule has 1 fully saturated rings. The second-order valence-electron chi connectivity index (χ2n) is 6.52. The maximum atomic E-state index is 14.7. The number of ether oxygens (including phenoxy) is 1. The molecule has 0 amide bonds. The zero-order valence-corrected chi connectivity index (χ0v) is 14.5. The number of aromatic nitrogens is 3. The van der Waals surface area contributed by atoms with Crippen LogP contribution in [-0.4, -0.2) is 53.0 Å². The van der Waals surface area contributed by atoms with E-state index in [2.05, 4.69) is 15.4 Å². The van der Waals surface area contributed by atoms with Gasteiger partial charge in [-0.15, -0.1) is 0 Å². The third-order valence-electron chi connectivity index (χ3n) is 4.76. The summed E-state index contributed by atoms with van der Waals surface area (Å²) in [6.45, 7) is 1.98. The van der Waals surface area contributed by atoms with Crippen LogP contribution in [0.15, 0.2) is 30.9 Å². The molecule has 0 spiro atoms. The van der Waals surface area contributed by atoms with Gasteiger partial charge in [0.25, 0.3) is 0 Å². The van der Waals surface area contributed by atoms with Crippen molar-refractivity contribution in [1.29, 1.82) is 0 Å². The summed E-state index contributed by atoms with van der Waals surface area (Å²) in [7, 11) is 0. The van der Waals surface area contributed by atoms with Crippen molar-refractivity contribution < 1.29 is 18.3 Å². The highest BCUT2D eigenvalue weighted by molar-refractivity contribution is 5.71. The van der Waals surface area contributed by atoms with Crippen molar-refractivity contribution in [1.82, 2.24) is 20.1 Å². The number of rotatable bonds is 5. The summed E-state index contributed by atoms with van der Waals surface area (Å²) < 4.78 is 36.7. The Balaban J connectivity index is 1.58. The van der Waals surface area contributed by atoms with E-state index in [1.807, 2.05) is 0 Å². The molecule has 1 aromatic heterocycles. The Morgan fingerprint density at radius 2 is 2.15 bits per heavy atom. The number of carbonyl (C=O) groups excluding carboxylic acids is 1. The molecule has 3 heterocycles. The van der Waals surface area contributed by atoms with Crippen LogP contribution in [0, 0.1) is 11.6 Å². The van der Waals surface area contributed by atoms with Gasteiger partial charge >= 0.3 is 0 Å². The summed E-state index contributed by atoms with van der Waals surface area (Å²) in [6, 6.07) is 2.53. The first-order valence-electron chi connectivity index (χ1n) is 8.74. The maximum Gasteiger partial charge on any atom is 0.187 e. The third kappa shape index (κ3) is 3.60. The van der Waals surface area contributed by atoms with Crippen LogP contribution in [0.2, 0.25) is 0 Å². The van der Waals surface area contributed by atoms with Crippen LogP contribution in [0.5, 0.6) is 0 Å². The predicted octanol–water partition coefficient (Wildman–Crippen LogP) is 1.36. The van der Waals surface area contributed by atoms with E-state index in [0.717, 1.165) is 0 Å². The molecule has 9 heteroatoms. The Morgan fingerprint density at radius 3 is 2.78 bits per heavy atom. The number of hydrogen-bond acceptors (Lipinski definition) is 6. The molecule has 4 rings (SSSR count). The summed E-state index contributed by atoms with van der Waals surface area (Å²) in [5, 5.41) is 7.13. The van der Waals surface area contributed by atoms with E-state index < -0.39 is 17.9 Å². The fraction of sp³-hybridized carbons (Fsp3) is 0.389. The van der Waals surface area contributed by atoms with Crippen LogP contribution in [0.25, 0.3) is 5.57 Å². The Labute approximate surface area is 154 Å². The van der Waals surface area contributed by atoms with Gasteiger partial charge in [0.2, 0.25) is 0 Å². The molecule has 2 aliphatic rings. The molecule has 0 radical (unpaired) electrons. The Kier molecular flexibility index (Phi) is 4.95. The molecule has 2 atom stereocenters. The van der Waals surface area contributed by atoms with Crippen LogP contribution < -0.4 is 10.2 Å². The Morgan fingerprint density at radius 1 is 1.33 bits per heavy atom. The number of nitrogens with zero attached hydrogens (tertiary/aromatic N) is 4. The fourth-order valence-corrected chi connectivity index (χ4v) is 3.51. The van der Waals surface area contributed by atoms with Gasteiger partial charge in [-0.3, -0.25) is 9.48 Å². The minimum atomic E-state index is -0.902. The van der Waals surface area contributed by atoms with E-state index in [1.54, 1.807) is 22.0 Å². The average molecular weight is 375 g/mol. The van der Waals surface area contributed by atoms with Gasteiger partial charge in [-0.1, -0.05) is 6.08 Å². The van der Waals surface area contributed by atoms with Crippen LogP contribution in [0.3, 0.4) is 0 Å². The second-order valence-corrected chi connectivity index (χ2v) is 6.52. The van der Waals surface area contributed by atoms with E-state index in [0.29, 0.717) is 44.5 Å². The molecule has 0 aliphatic carbocycles. The van der Waals surface area contributed by atoms with Gasteiger partial charge in [-0.2, -0.15) is 5.10 Å². The van der Waals surface area contributed by atoms with Gasteiger partial charge in [0.15, 0.2) is 12.5 Å². The van der Waals surface area contributed by atoms with Gasteiger partial charge in [0, 0.05) is 24.3 Å². The lowest BCUT2D eigenvalue weighted by atomic mass is 9.98. The van der Waals surface area contributed by atoms with E-state index in [4.69, 9.17) is 4.74 Å². The number of hydrogen-bond donors (Lipinski definition) is 1. The first-order chi connectivity index (χ1) is 13.2. The average Bonchev–Trinajstić information content (AvgIpc) is 3.32. The van der Waals surface area contributed by atoms with E-state index in [9.17, 15) is 13.6 Å². The molecule has 1 aromatic carbocycles. The molecule has 2 aliphatic heterocycles. The van der Waals surface area contributed by atoms with Gasteiger partial charge in [0.1, 0.15) is 24.3 Å². The lowest BCUT2D eigenvalue weighted by molar-refractivity contribution is -0.117. The summed E-state index contributed by atoms with van der Waals surface area (Å²) in [6.07, 6.45) is 4.69. The SMILES string of the molecule is O=CC1OC(Cn2cncn2)CN1c1cc(F)c(C2=CCNCC2)c(F)c1. The monoisotopic (exact) mass is 375 g/mol. The third-order valence-corrected chi connectivity index (χ3v) is 4.76. The van der Waals surface area contributed by atoms with Gasteiger partial charge < -0.3 is 15.0 Å². The highest BCUT2D eigenvalue weighted by Crippen LogP contribution is 2.32. The number of benzene rings is 1. The van der Waals surface area contributed by atoms with Crippen LogP contribution in [-0.2, 0) is 16.1 Å². The second kappa shape index (κ2) is 7.53. The number of halogens is 2. The molecule has 1 saturated heterocycles. The van der Waals surface area contributed by atoms with Gasteiger partial charge in [0.05, 0.1) is 12.6 Å². The Bertz CT molecular complexity index is 832. The smallest absolute Gasteiger partial charge is 0.187 e. The lowest BCUT2D eigenvalue weighted by Crippen LogP contribution is -2.31. The van der Waals surface area contributed by atoms with Crippen molar-refractivity contribution in [3.8, 4) is 0 Å². The minimum absolute atomic E-state index is 0.00202. The number of aldehydes is 1. The van der Waals surface area contributed by atoms with E-state index in [1.165, 1.54) is 18.5 Å². The molecular weight excluding hydrogens is 356 g/mol. The van der Waals surface area contributed by atoms with Crippen molar-refractivity contribution in [2.45, 2.75) is 25.3 Å². The van der Waals surface area contributed by atoms with Crippen molar-refractivity contribution in [3.63, 3.8) is 0 Å². The summed E-state index contributed by atoms with van der Waals surface area (Å²) in [4.78, 5) is 16.8. The molecule has 0 bridgehead atoms. The van der Waals surface area contributed by atoms with Crippen LogP contribution in [0.4, 0.5) is 14.5 Å². The standard InChI is InChI=1S/C18H19F2N5O2/c19-15-5-13(6-16(20)18(15)12-1-3-21-4-2-12)25-8-14(27-17(25)9-26)7-24-11-22-10-23-24/h1,5-6,9-11,14,17,21H,2-4,7-8H2. The first-order valence-corrected chi connectivity index (χ1v) is 8.74. The fourth-order valence-electron chi connectivity index (χ4n) is 3.51. The van der Waals surface area contributed by atoms with Gasteiger partial charge in [-0.05, 0) is 30.7 Å². The highest BCUT2D eigenvalue weighted by Gasteiger charge is 2.34.